The first-order valence-electron chi connectivity index (χ1n) is 10.2. The molecule has 1 rings (SSSR count). The van der Waals surface area contributed by atoms with Gasteiger partial charge in [-0.3, -0.25) is 0 Å². The monoisotopic (exact) mass is 360 g/mol. The number of rotatable bonds is 16. The quantitative estimate of drug-likeness (QED) is 0.194. The Morgan fingerprint density at radius 2 is 1.46 bits per heavy atom. The zero-order valence-electron chi connectivity index (χ0n) is 16.5. The van der Waals surface area contributed by atoms with Gasteiger partial charge in [0.2, 0.25) is 0 Å². The number of ether oxygens (including phenoxy) is 2. The Balaban J connectivity index is 1.87. The van der Waals surface area contributed by atoms with Crippen LogP contribution in [0.4, 0.5) is 0 Å². The summed E-state index contributed by atoms with van der Waals surface area (Å²) in [4.78, 5) is 10.9. The van der Waals surface area contributed by atoms with E-state index in [1.165, 1.54) is 50.2 Å². The lowest BCUT2D eigenvalue weighted by Gasteiger charge is -2.16. The van der Waals surface area contributed by atoms with Gasteiger partial charge < -0.3 is 9.47 Å². The second-order valence-electron chi connectivity index (χ2n) is 6.73. The second-order valence-corrected chi connectivity index (χ2v) is 6.73. The lowest BCUT2D eigenvalue weighted by molar-refractivity contribution is -0.137. The van der Waals surface area contributed by atoms with Gasteiger partial charge in [-0.25, -0.2) is 4.79 Å². The normalized spacial score (nSPS) is 11.9. The first-order valence-corrected chi connectivity index (χ1v) is 10.2. The molecule has 0 aliphatic heterocycles. The third-order valence-electron chi connectivity index (χ3n) is 4.56. The van der Waals surface area contributed by atoms with Crippen LogP contribution in [0, 0.1) is 0 Å². The summed E-state index contributed by atoms with van der Waals surface area (Å²) in [5.41, 5.74) is 1.29. The van der Waals surface area contributed by atoms with Crippen LogP contribution in [0.2, 0.25) is 0 Å². The molecule has 0 fully saturated rings. The number of hydrogen-bond acceptors (Lipinski definition) is 3. The lowest BCUT2D eigenvalue weighted by Crippen LogP contribution is -2.04. The molecule has 3 heteroatoms. The summed E-state index contributed by atoms with van der Waals surface area (Å²) in [6, 6.07) is 10.5. The van der Waals surface area contributed by atoms with E-state index in [0.29, 0.717) is 6.61 Å². The minimum atomic E-state index is -0.317. The van der Waals surface area contributed by atoms with Gasteiger partial charge in [-0.1, -0.05) is 88.8 Å². The molecule has 0 saturated carbocycles. The van der Waals surface area contributed by atoms with Crippen LogP contribution in [0.1, 0.15) is 82.8 Å². The van der Waals surface area contributed by atoms with Crippen molar-refractivity contribution in [2.45, 2.75) is 77.2 Å². The van der Waals surface area contributed by atoms with Crippen molar-refractivity contribution in [1.82, 2.24) is 0 Å². The molecule has 0 aliphatic carbocycles. The Kier molecular flexibility index (Phi) is 13.5. The Bertz CT molecular complexity index is 470. The van der Waals surface area contributed by atoms with E-state index in [1.54, 1.807) is 0 Å². The average molecular weight is 361 g/mol. The van der Waals surface area contributed by atoms with Crippen molar-refractivity contribution in [2.24, 2.45) is 0 Å². The van der Waals surface area contributed by atoms with E-state index < -0.39 is 0 Å². The second kappa shape index (κ2) is 15.6. The summed E-state index contributed by atoms with van der Waals surface area (Å²) in [5.74, 6) is -0.317. The fraction of sp³-hybridized carbons (Fsp3) is 0.609. The molecule has 26 heavy (non-hydrogen) atoms. The topological polar surface area (TPSA) is 35.5 Å². The van der Waals surface area contributed by atoms with Gasteiger partial charge in [-0.2, -0.15) is 0 Å². The molecule has 1 aromatic rings. The van der Waals surface area contributed by atoms with E-state index in [4.69, 9.17) is 9.47 Å². The van der Waals surface area contributed by atoms with Gasteiger partial charge in [-0.15, -0.1) is 0 Å². The molecule has 0 bridgehead atoms. The van der Waals surface area contributed by atoms with Crippen molar-refractivity contribution >= 4 is 5.97 Å². The van der Waals surface area contributed by atoms with Crippen molar-refractivity contribution in [2.75, 3.05) is 13.2 Å². The van der Waals surface area contributed by atoms with Crippen LogP contribution >= 0.6 is 0 Å². The van der Waals surface area contributed by atoms with Gasteiger partial charge >= 0.3 is 5.97 Å². The molecular formula is C23H36O3. The molecule has 0 radical (unpaired) electrons. The highest BCUT2D eigenvalue weighted by atomic mass is 16.5. The lowest BCUT2D eigenvalue weighted by atomic mass is 10.1. The number of carbonyl (C=O) groups excluding carboxylic acids is 1. The van der Waals surface area contributed by atoms with Crippen LogP contribution < -0.4 is 0 Å². The van der Waals surface area contributed by atoms with Crippen LogP contribution in [0.3, 0.4) is 0 Å². The molecule has 0 N–H and O–H groups in total. The molecule has 0 saturated heterocycles. The van der Waals surface area contributed by atoms with Crippen molar-refractivity contribution < 1.29 is 14.3 Å². The molecule has 0 aromatic heterocycles. The Morgan fingerprint density at radius 1 is 0.923 bits per heavy atom. The maximum absolute atomic E-state index is 10.9. The highest BCUT2D eigenvalue weighted by molar-refractivity contribution is 5.81. The minimum absolute atomic E-state index is 0.238. The predicted molar refractivity (Wildman–Crippen MR) is 108 cm³/mol. The zero-order chi connectivity index (χ0) is 18.9. The molecule has 0 spiro atoms. The van der Waals surface area contributed by atoms with Gasteiger partial charge in [0.1, 0.15) is 0 Å². The number of hydrogen-bond donors (Lipinski definition) is 0. The van der Waals surface area contributed by atoms with Gasteiger partial charge in [0, 0.05) is 12.7 Å². The maximum Gasteiger partial charge on any atom is 0.330 e. The average Bonchev–Trinajstić information content (AvgIpc) is 2.68. The molecule has 1 atom stereocenters. The fourth-order valence-electron chi connectivity index (χ4n) is 3.02. The molecular weight excluding hydrogens is 324 g/mol. The van der Waals surface area contributed by atoms with E-state index in [0.717, 1.165) is 32.3 Å². The zero-order valence-corrected chi connectivity index (χ0v) is 16.5. The Labute approximate surface area is 159 Å². The Morgan fingerprint density at radius 3 is 2.00 bits per heavy atom. The molecule has 0 heterocycles. The van der Waals surface area contributed by atoms with Gasteiger partial charge in [0.25, 0.3) is 0 Å². The van der Waals surface area contributed by atoms with Crippen LogP contribution in [0.5, 0.6) is 0 Å². The predicted octanol–water partition coefficient (Wildman–Crippen LogP) is 6.39. The van der Waals surface area contributed by atoms with Crippen molar-refractivity contribution in [1.29, 1.82) is 0 Å². The molecule has 1 aromatic carbocycles. The largest absolute Gasteiger partial charge is 0.463 e. The number of carbonyl (C=O) groups is 1. The van der Waals surface area contributed by atoms with Crippen LogP contribution in [-0.4, -0.2) is 19.2 Å². The molecule has 0 amide bonds. The van der Waals surface area contributed by atoms with E-state index in [2.05, 4.69) is 37.8 Å². The molecule has 1 unspecified atom stereocenters. The summed E-state index contributed by atoms with van der Waals surface area (Å²) in [5, 5.41) is 0. The summed E-state index contributed by atoms with van der Waals surface area (Å²) >= 11 is 0. The standard InChI is InChI=1S/C23H36O3/c1-3-22(21-17-13-12-14-18-21)25-19-15-10-8-6-5-7-9-11-16-20-26-23(24)4-2/h4,12-14,17-18,22H,2-3,5-11,15-16,19-20H2,1H3. The third kappa shape index (κ3) is 11.1. The number of benzene rings is 1. The highest BCUT2D eigenvalue weighted by Gasteiger charge is 2.08. The van der Waals surface area contributed by atoms with E-state index in [9.17, 15) is 4.79 Å². The van der Waals surface area contributed by atoms with E-state index >= 15 is 0 Å². The van der Waals surface area contributed by atoms with E-state index in [1.807, 2.05) is 6.07 Å². The van der Waals surface area contributed by atoms with E-state index in [-0.39, 0.29) is 12.1 Å². The molecule has 146 valence electrons. The van der Waals surface area contributed by atoms with Gasteiger partial charge in [0.15, 0.2) is 0 Å². The highest BCUT2D eigenvalue weighted by Crippen LogP contribution is 2.21. The summed E-state index contributed by atoms with van der Waals surface area (Å²) in [6.07, 6.45) is 13.4. The smallest absolute Gasteiger partial charge is 0.330 e. The van der Waals surface area contributed by atoms with Crippen molar-refractivity contribution in [3.63, 3.8) is 0 Å². The van der Waals surface area contributed by atoms with Crippen molar-refractivity contribution in [3.05, 3.63) is 48.6 Å². The van der Waals surface area contributed by atoms with Gasteiger partial charge in [-0.05, 0) is 24.8 Å². The first kappa shape index (κ1) is 22.4. The number of unbranched alkanes of at least 4 members (excludes halogenated alkanes) is 8. The first-order chi connectivity index (χ1) is 12.8. The molecule has 0 aliphatic rings. The summed E-state index contributed by atoms with van der Waals surface area (Å²) in [7, 11) is 0. The van der Waals surface area contributed by atoms with Crippen LogP contribution in [0.25, 0.3) is 0 Å². The van der Waals surface area contributed by atoms with Crippen LogP contribution in [-0.2, 0) is 14.3 Å². The van der Waals surface area contributed by atoms with Gasteiger partial charge in [0.05, 0.1) is 12.7 Å². The summed E-state index contributed by atoms with van der Waals surface area (Å²) in [6.45, 7) is 6.94. The Hall–Kier alpha value is -1.61. The third-order valence-corrected chi connectivity index (χ3v) is 4.56. The fourth-order valence-corrected chi connectivity index (χ4v) is 3.02. The number of esters is 1. The maximum atomic E-state index is 10.9. The van der Waals surface area contributed by atoms with Crippen molar-refractivity contribution in [3.8, 4) is 0 Å². The molecule has 3 nitrogen and oxygen atoms in total. The van der Waals surface area contributed by atoms with Crippen LogP contribution in [0.15, 0.2) is 43.0 Å². The summed E-state index contributed by atoms with van der Waals surface area (Å²) < 4.78 is 11.0. The minimum Gasteiger partial charge on any atom is -0.463 e. The SMILES string of the molecule is C=CC(=O)OCCCCCCCCCCCOC(CC)c1ccccc1.